The van der Waals surface area contributed by atoms with E-state index in [0.717, 1.165) is 4.48 Å². The van der Waals surface area contributed by atoms with Crippen molar-refractivity contribution in [1.29, 1.82) is 0 Å². The Labute approximate surface area is 183 Å². The summed E-state index contributed by atoms with van der Waals surface area (Å²) in [7, 11) is 4.71. The fraction of sp³-hybridized carbons (Fsp3) is 0.786. The van der Waals surface area contributed by atoms with E-state index in [-0.39, 0.29) is 0 Å². The molecule has 0 bridgehead atoms. The van der Waals surface area contributed by atoms with E-state index in [1.807, 2.05) is 0 Å². The van der Waals surface area contributed by atoms with Crippen molar-refractivity contribution in [1.82, 2.24) is 4.48 Å². The van der Waals surface area contributed by atoms with Crippen LogP contribution in [-0.4, -0.2) is 20.1 Å². The maximum Gasteiger partial charge on any atom is 0.132 e. The molecule has 1 nitrogen and oxygen atoms in total. The Bertz CT molecular complexity index is 464. The quantitative estimate of drug-likeness (QED) is 0.160. The van der Waals surface area contributed by atoms with Crippen molar-refractivity contribution < 1.29 is 0 Å². The molecule has 1 aromatic rings. The Kier molecular flexibility index (Phi) is 15.3. The van der Waals surface area contributed by atoms with Gasteiger partial charge in [-0.1, -0.05) is 121 Å². The van der Waals surface area contributed by atoms with Gasteiger partial charge in [0.25, 0.3) is 0 Å². The zero-order valence-corrected chi connectivity index (χ0v) is 20.4. The molecule has 0 amide bonds. The van der Waals surface area contributed by atoms with Gasteiger partial charge in [-0.25, -0.2) is 0 Å². The van der Waals surface area contributed by atoms with Crippen LogP contribution in [0.15, 0.2) is 30.3 Å². The van der Waals surface area contributed by atoms with Crippen molar-refractivity contribution in [2.45, 2.75) is 129 Å². The molecule has 0 saturated heterocycles. The Hall–Kier alpha value is -0.820. The molecule has 0 N–H and O–H groups in total. The van der Waals surface area contributed by atoms with Gasteiger partial charge in [0.2, 0.25) is 0 Å². The highest BCUT2D eigenvalue weighted by atomic mass is 15.3. The lowest BCUT2D eigenvalue weighted by molar-refractivity contribution is 0.288. The largest absolute Gasteiger partial charge is 0.294 e. The molecule has 0 aliphatic rings. The summed E-state index contributed by atoms with van der Waals surface area (Å²) in [6, 6.07) is 11.7. The lowest BCUT2D eigenvalue weighted by atomic mass is 10.0. The van der Waals surface area contributed by atoms with Gasteiger partial charge in [0, 0.05) is 0 Å². The Balaban J connectivity index is 1.89. The first kappa shape index (κ1) is 26.2. The first-order valence-electron chi connectivity index (χ1n) is 13.0. The molecule has 1 heteroatoms. The van der Waals surface area contributed by atoms with E-state index in [9.17, 15) is 0 Å². The second kappa shape index (κ2) is 16.9. The van der Waals surface area contributed by atoms with Crippen molar-refractivity contribution in [2.24, 2.45) is 0 Å². The van der Waals surface area contributed by atoms with E-state index in [2.05, 4.69) is 58.3 Å². The number of benzene rings is 1. The zero-order valence-electron chi connectivity index (χ0n) is 20.4. The minimum atomic E-state index is 0.684. The smallest absolute Gasteiger partial charge is 0.132 e. The highest BCUT2D eigenvalue weighted by Crippen LogP contribution is 2.24. The topological polar surface area (TPSA) is 0 Å². The standard InChI is InChI=1S/C28H52N/c1-5-6-7-8-9-10-11-12-13-14-15-16-17-18-19-21-24-27(2)29(3,4)28-25-22-20-23-26-28/h20,22-23,25-27H,5-19,21,24H2,1-4H3/q+1. The number of unbranched alkanes of at least 4 members (excludes halogenated alkanes) is 15. The molecule has 1 aromatic carbocycles. The number of quaternary nitrogens is 1. The summed E-state index contributed by atoms with van der Waals surface area (Å²) in [6.45, 7) is 4.71. The summed E-state index contributed by atoms with van der Waals surface area (Å²) in [4.78, 5) is 0. The first-order valence-corrected chi connectivity index (χ1v) is 13.0. The number of hydrogen-bond acceptors (Lipinski definition) is 0. The van der Waals surface area contributed by atoms with Crippen molar-refractivity contribution >= 4 is 5.69 Å². The van der Waals surface area contributed by atoms with Gasteiger partial charge in [0.15, 0.2) is 0 Å². The van der Waals surface area contributed by atoms with Gasteiger partial charge in [-0.05, 0) is 31.9 Å². The summed E-state index contributed by atoms with van der Waals surface area (Å²) in [5, 5.41) is 0. The first-order chi connectivity index (χ1) is 14.1. The van der Waals surface area contributed by atoms with Gasteiger partial charge >= 0.3 is 0 Å². The molecule has 0 fully saturated rings. The summed E-state index contributed by atoms with van der Waals surface area (Å²) >= 11 is 0. The second-order valence-electron chi connectivity index (χ2n) is 9.82. The maximum atomic E-state index is 2.41. The number of para-hydroxylation sites is 1. The van der Waals surface area contributed by atoms with Crippen LogP contribution >= 0.6 is 0 Å². The fourth-order valence-electron chi connectivity index (χ4n) is 4.38. The molecule has 1 rings (SSSR count). The normalized spacial score (nSPS) is 13.0. The molecule has 0 aliphatic carbocycles. The van der Waals surface area contributed by atoms with E-state index < -0.39 is 0 Å². The minimum absolute atomic E-state index is 0.684. The second-order valence-corrected chi connectivity index (χ2v) is 9.82. The monoisotopic (exact) mass is 402 g/mol. The van der Waals surface area contributed by atoms with Crippen LogP contribution in [0.4, 0.5) is 5.69 Å². The van der Waals surface area contributed by atoms with E-state index in [1.54, 1.807) is 0 Å². The highest BCUT2D eigenvalue weighted by molar-refractivity contribution is 5.41. The molecule has 168 valence electrons. The summed E-state index contributed by atoms with van der Waals surface area (Å²) in [5.74, 6) is 0. The maximum absolute atomic E-state index is 2.41. The van der Waals surface area contributed by atoms with Crippen LogP contribution in [0, 0.1) is 0 Å². The molecule has 0 aromatic heterocycles. The van der Waals surface area contributed by atoms with Crippen LogP contribution in [0.3, 0.4) is 0 Å². The molecule has 0 aliphatic heterocycles. The molecule has 0 radical (unpaired) electrons. The Morgan fingerprint density at radius 2 is 0.966 bits per heavy atom. The van der Waals surface area contributed by atoms with Gasteiger partial charge in [0.05, 0.1) is 20.1 Å². The van der Waals surface area contributed by atoms with Crippen molar-refractivity contribution in [3.05, 3.63) is 30.3 Å². The SMILES string of the molecule is CCCCCCCCCCCCCCCCCCC(C)[N+](C)(C)c1ccccc1. The number of rotatable bonds is 19. The third kappa shape index (κ3) is 12.5. The molecule has 1 unspecified atom stereocenters. The fourth-order valence-corrected chi connectivity index (χ4v) is 4.38. The average molecular weight is 403 g/mol. The number of hydrogen-bond donors (Lipinski definition) is 0. The van der Waals surface area contributed by atoms with Gasteiger partial charge in [-0.2, -0.15) is 0 Å². The summed E-state index contributed by atoms with van der Waals surface area (Å²) in [6.07, 6.45) is 24.5. The van der Waals surface area contributed by atoms with Gasteiger partial charge in [-0.15, -0.1) is 0 Å². The summed E-state index contributed by atoms with van der Waals surface area (Å²) < 4.78 is 1.000. The third-order valence-corrected chi connectivity index (χ3v) is 7.00. The van der Waals surface area contributed by atoms with E-state index in [4.69, 9.17) is 0 Å². The van der Waals surface area contributed by atoms with Gasteiger partial charge in [-0.3, -0.25) is 4.48 Å². The highest BCUT2D eigenvalue weighted by Gasteiger charge is 2.25. The Morgan fingerprint density at radius 3 is 1.38 bits per heavy atom. The van der Waals surface area contributed by atoms with Crippen LogP contribution < -0.4 is 4.48 Å². The van der Waals surface area contributed by atoms with Crippen LogP contribution in [0.2, 0.25) is 0 Å². The molecular formula is C28H52N+. The van der Waals surface area contributed by atoms with Crippen LogP contribution in [0.25, 0.3) is 0 Å². The van der Waals surface area contributed by atoms with E-state index >= 15 is 0 Å². The van der Waals surface area contributed by atoms with Gasteiger partial charge in [0.1, 0.15) is 5.69 Å². The summed E-state index contributed by atoms with van der Waals surface area (Å²) in [5.41, 5.74) is 1.43. The average Bonchev–Trinajstić information content (AvgIpc) is 2.73. The third-order valence-electron chi connectivity index (χ3n) is 7.00. The van der Waals surface area contributed by atoms with E-state index in [0.29, 0.717) is 6.04 Å². The van der Waals surface area contributed by atoms with Crippen LogP contribution in [-0.2, 0) is 0 Å². The van der Waals surface area contributed by atoms with Crippen molar-refractivity contribution in [3.8, 4) is 0 Å². The molecule has 0 saturated carbocycles. The van der Waals surface area contributed by atoms with Crippen molar-refractivity contribution in [2.75, 3.05) is 14.1 Å². The molecule has 1 atom stereocenters. The van der Waals surface area contributed by atoms with Gasteiger partial charge < -0.3 is 0 Å². The van der Waals surface area contributed by atoms with Crippen LogP contribution in [0.5, 0.6) is 0 Å². The molecular weight excluding hydrogens is 350 g/mol. The van der Waals surface area contributed by atoms with Crippen LogP contribution in [0.1, 0.15) is 123 Å². The molecule has 0 spiro atoms. The lowest BCUT2D eigenvalue weighted by Crippen LogP contribution is -2.48. The lowest BCUT2D eigenvalue weighted by Gasteiger charge is -2.35. The minimum Gasteiger partial charge on any atom is -0.294 e. The molecule has 0 heterocycles. The van der Waals surface area contributed by atoms with Crippen molar-refractivity contribution in [3.63, 3.8) is 0 Å². The predicted molar refractivity (Wildman–Crippen MR) is 134 cm³/mol. The molecule has 29 heavy (non-hydrogen) atoms. The predicted octanol–water partition coefficient (Wildman–Crippen LogP) is 9.29. The Morgan fingerprint density at radius 1 is 0.586 bits per heavy atom. The number of nitrogens with zero attached hydrogens (tertiary/aromatic N) is 1. The van der Waals surface area contributed by atoms with E-state index in [1.165, 1.54) is 115 Å². The zero-order chi connectivity index (χ0) is 21.2.